The number of fused-ring (bicyclic) bond motifs is 1. The van der Waals surface area contributed by atoms with Crippen molar-refractivity contribution in [2.45, 2.75) is 0 Å². The minimum Gasteiger partial charge on any atom is -0.337 e. The van der Waals surface area contributed by atoms with E-state index in [0.717, 1.165) is 22.5 Å². The van der Waals surface area contributed by atoms with Gasteiger partial charge < -0.3 is 4.98 Å². The number of halogens is 1. The number of amidine groups is 1. The molecule has 0 saturated carbocycles. The van der Waals surface area contributed by atoms with Gasteiger partial charge in [-0.2, -0.15) is 0 Å². The zero-order valence-corrected chi connectivity index (χ0v) is 10.6. The minimum atomic E-state index is 0.296. The molecule has 2 aromatic heterocycles. The molecule has 0 atom stereocenters. The van der Waals surface area contributed by atoms with Crippen LogP contribution in [0.25, 0.3) is 22.6 Å². The SMILES string of the molecule is NC(=[NH2+])c1ccc(-c2nc3nc(Cl)ccc3[nH]2)cc1. The van der Waals surface area contributed by atoms with E-state index in [9.17, 15) is 0 Å². The Labute approximate surface area is 114 Å². The van der Waals surface area contributed by atoms with Gasteiger partial charge >= 0.3 is 0 Å². The molecule has 2 heterocycles. The van der Waals surface area contributed by atoms with E-state index in [1.807, 2.05) is 30.3 Å². The molecule has 0 radical (unpaired) electrons. The second-order valence-corrected chi connectivity index (χ2v) is 4.51. The summed E-state index contributed by atoms with van der Waals surface area (Å²) in [6, 6.07) is 11.1. The molecule has 0 aliphatic rings. The maximum absolute atomic E-state index is 5.83. The molecule has 0 spiro atoms. The number of nitrogens with one attached hydrogen (secondary N) is 1. The predicted octanol–water partition coefficient (Wildman–Crippen LogP) is 0.743. The lowest BCUT2D eigenvalue weighted by molar-refractivity contribution is -0.114. The van der Waals surface area contributed by atoms with Crippen LogP contribution in [0.5, 0.6) is 0 Å². The molecule has 19 heavy (non-hydrogen) atoms. The Morgan fingerprint density at radius 3 is 2.53 bits per heavy atom. The normalized spacial score (nSPS) is 10.8. The zero-order chi connectivity index (χ0) is 13.4. The van der Waals surface area contributed by atoms with Gasteiger partial charge in [-0.1, -0.05) is 23.7 Å². The highest BCUT2D eigenvalue weighted by atomic mass is 35.5. The molecular weight excluding hydrogens is 262 g/mol. The van der Waals surface area contributed by atoms with Crippen molar-refractivity contribution in [1.82, 2.24) is 15.0 Å². The summed E-state index contributed by atoms with van der Waals surface area (Å²) in [5.74, 6) is 1.02. The minimum absolute atomic E-state index is 0.296. The van der Waals surface area contributed by atoms with Crippen LogP contribution in [0.4, 0.5) is 0 Å². The molecule has 5 nitrogen and oxygen atoms in total. The van der Waals surface area contributed by atoms with Crippen molar-refractivity contribution in [2.75, 3.05) is 0 Å². The Bertz CT molecular complexity index is 760. The average molecular weight is 273 g/mol. The van der Waals surface area contributed by atoms with Crippen LogP contribution < -0.4 is 11.1 Å². The molecule has 0 amide bonds. The van der Waals surface area contributed by atoms with E-state index in [1.165, 1.54) is 0 Å². The highest BCUT2D eigenvalue weighted by Gasteiger charge is 2.08. The van der Waals surface area contributed by atoms with Crippen molar-refractivity contribution in [2.24, 2.45) is 5.73 Å². The first-order chi connectivity index (χ1) is 9.13. The maximum atomic E-state index is 5.83. The van der Waals surface area contributed by atoms with Crippen molar-refractivity contribution in [3.05, 3.63) is 47.1 Å². The molecule has 0 unspecified atom stereocenters. The van der Waals surface area contributed by atoms with Crippen LogP contribution >= 0.6 is 11.6 Å². The van der Waals surface area contributed by atoms with Crippen LogP contribution in [0.2, 0.25) is 5.15 Å². The summed E-state index contributed by atoms with van der Waals surface area (Å²) in [6.45, 7) is 0. The molecule has 3 aromatic rings. The van der Waals surface area contributed by atoms with Gasteiger partial charge in [0, 0.05) is 5.56 Å². The molecular formula is C13H11ClN5+. The molecule has 0 bridgehead atoms. The van der Waals surface area contributed by atoms with Crippen LogP contribution in [-0.4, -0.2) is 20.8 Å². The van der Waals surface area contributed by atoms with Crippen molar-refractivity contribution in [3.8, 4) is 11.4 Å². The van der Waals surface area contributed by atoms with E-state index in [1.54, 1.807) is 6.07 Å². The van der Waals surface area contributed by atoms with Crippen molar-refractivity contribution < 1.29 is 5.41 Å². The lowest BCUT2D eigenvalue weighted by atomic mass is 10.1. The van der Waals surface area contributed by atoms with Crippen LogP contribution in [-0.2, 0) is 0 Å². The number of benzene rings is 1. The maximum Gasteiger partial charge on any atom is 0.270 e. The number of aromatic nitrogens is 3. The number of nitrogens with zero attached hydrogens (tertiary/aromatic N) is 2. The predicted molar refractivity (Wildman–Crippen MR) is 74.6 cm³/mol. The second-order valence-electron chi connectivity index (χ2n) is 4.12. The largest absolute Gasteiger partial charge is 0.337 e. The summed E-state index contributed by atoms with van der Waals surface area (Å²) in [5, 5.41) is 5.95. The molecule has 1 aromatic carbocycles. The van der Waals surface area contributed by atoms with E-state index in [-0.39, 0.29) is 0 Å². The van der Waals surface area contributed by atoms with Gasteiger partial charge in [0.25, 0.3) is 5.84 Å². The van der Waals surface area contributed by atoms with E-state index >= 15 is 0 Å². The summed E-state index contributed by atoms with van der Waals surface area (Å²) < 4.78 is 0. The first kappa shape index (κ1) is 11.7. The van der Waals surface area contributed by atoms with Crippen molar-refractivity contribution >= 4 is 28.6 Å². The fourth-order valence-corrected chi connectivity index (χ4v) is 1.97. The Morgan fingerprint density at radius 1 is 1.11 bits per heavy atom. The van der Waals surface area contributed by atoms with Gasteiger partial charge in [-0.05, 0) is 24.3 Å². The lowest BCUT2D eigenvalue weighted by Crippen LogP contribution is -2.46. The molecule has 6 heteroatoms. The number of nitrogens with two attached hydrogens (primary N) is 2. The molecule has 5 N–H and O–H groups in total. The standard InChI is InChI=1S/C13H10ClN5/c14-10-6-5-9-13(18-10)19-12(17-9)8-3-1-7(2-4-8)11(15)16/h1-6H,(H3,15,16)(H,17,18,19)/p+1. The van der Waals surface area contributed by atoms with Crippen LogP contribution in [0.3, 0.4) is 0 Å². The number of imidazole rings is 1. The van der Waals surface area contributed by atoms with Gasteiger partial charge in [-0.3, -0.25) is 11.1 Å². The molecule has 0 aliphatic carbocycles. The van der Waals surface area contributed by atoms with Crippen LogP contribution in [0.1, 0.15) is 5.56 Å². The van der Waals surface area contributed by atoms with E-state index in [2.05, 4.69) is 15.0 Å². The topological polar surface area (TPSA) is 93.2 Å². The second kappa shape index (κ2) is 4.37. The first-order valence-electron chi connectivity index (χ1n) is 5.64. The fourth-order valence-electron chi connectivity index (χ4n) is 1.83. The van der Waals surface area contributed by atoms with Crippen molar-refractivity contribution in [1.29, 1.82) is 0 Å². The van der Waals surface area contributed by atoms with Crippen LogP contribution in [0.15, 0.2) is 36.4 Å². The van der Waals surface area contributed by atoms with E-state index in [4.69, 9.17) is 22.7 Å². The van der Waals surface area contributed by atoms with Gasteiger partial charge in [0.05, 0.1) is 11.1 Å². The number of H-pyrrole nitrogens is 1. The third-order valence-corrected chi connectivity index (χ3v) is 3.01. The highest BCUT2D eigenvalue weighted by Crippen LogP contribution is 2.20. The van der Waals surface area contributed by atoms with E-state index in [0.29, 0.717) is 16.6 Å². The Balaban J connectivity index is 2.06. The molecule has 94 valence electrons. The van der Waals surface area contributed by atoms with Crippen LogP contribution in [0, 0.1) is 0 Å². The Hall–Kier alpha value is -2.40. The first-order valence-corrected chi connectivity index (χ1v) is 6.02. The summed E-state index contributed by atoms with van der Waals surface area (Å²) in [7, 11) is 0. The van der Waals surface area contributed by atoms with Crippen molar-refractivity contribution in [3.63, 3.8) is 0 Å². The Morgan fingerprint density at radius 2 is 1.84 bits per heavy atom. The fraction of sp³-hybridized carbons (Fsp3) is 0. The Kier molecular flexibility index (Phi) is 2.68. The quantitative estimate of drug-likeness (QED) is 0.365. The third-order valence-electron chi connectivity index (χ3n) is 2.80. The van der Waals surface area contributed by atoms with Gasteiger partial charge in [-0.15, -0.1) is 0 Å². The molecule has 0 aliphatic heterocycles. The van der Waals surface area contributed by atoms with E-state index < -0.39 is 0 Å². The molecule has 0 saturated heterocycles. The number of hydrogen-bond acceptors (Lipinski definition) is 2. The van der Waals surface area contributed by atoms with Gasteiger partial charge in [0.2, 0.25) is 0 Å². The monoisotopic (exact) mass is 272 g/mol. The van der Waals surface area contributed by atoms with Gasteiger partial charge in [-0.25, -0.2) is 9.97 Å². The summed E-state index contributed by atoms with van der Waals surface area (Å²) >= 11 is 5.83. The number of aromatic amines is 1. The highest BCUT2D eigenvalue weighted by molar-refractivity contribution is 6.29. The smallest absolute Gasteiger partial charge is 0.270 e. The summed E-state index contributed by atoms with van der Waals surface area (Å²) in [6.07, 6.45) is 0. The lowest BCUT2D eigenvalue weighted by Gasteiger charge is -1.97. The number of pyridine rings is 1. The summed E-state index contributed by atoms with van der Waals surface area (Å²) in [4.78, 5) is 11.7. The molecule has 3 rings (SSSR count). The van der Waals surface area contributed by atoms with Gasteiger partial charge in [0.1, 0.15) is 11.0 Å². The zero-order valence-electron chi connectivity index (χ0n) is 9.89. The number of rotatable bonds is 2. The number of hydrogen-bond donors (Lipinski definition) is 3. The average Bonchev–Trinajstić information content (AvgIpc) is 2.81. The molecule has 0 fully saturated rings. The third kappa shape index (κ3) is 2.15. The summed E-state index contributed by atoms with van der Waals surface area (Å²) in [5.41, 5.74) is 8.68. The van der Waals surface area contributed by atoms with Gasteiger partial charge in [0.15, 0.2) is 5.65 Å².